The van der Waals surface area contributed by atoms with Crippen molar-refractivity contribution in [2.75, 3.05) is 6.61 Å². The number of alkyl halides is 3. The topological polar surface area (TPSA) is 110 Å². The average molecular weight is 375 g/mol. The van der Waals surface area contributed by atoms with Gasteiger partial charge < -0.3 is 26.1 Å². The maximum Gasteiger partial charge on any atom is 0.416 e. The Morgan fingerprint density at radius 1 is 1.38 bits per heavy atom. The first-order valence-corrected chi connectivity index (χ1v) is 8.34. The highest BCUT2D eigenvalue weighted by Crippen LogP contribution is 2.33. The quantitative estimate of drug-likeness (QED) is 0.416. The maximum absolute atomic E-state index is 13.0. The maximum atomic E-state index is 13.0. The Hall–Kier alpha value is -2.10. The molecule has 1 amide bonds. The largest absolute Gasteiger partial charge is 0.416 e. The van der Waals surface area contributed by atoms with E-state index in [0.717, 1.165) is 26.7 Å². The van der Waals surface area contributed by atoms with Crippen molar-refractivity contribution in [1.82, 2.24) is 16.0 Å². The normalized spacial score (nSPS) is 21.3. The first-order chi connectivity index (χ1) is 11.9. The van der Waals surface area contributed by atoms with Crippen LogP contribution >= 0.6 is 0 Å². The van der Waals surface area contributed by atoms with Crippen LogP contribution in [0.2, 0.25) is 0 Å². The van der Waals surface area contributed by atoms with Crippen molar-refractivity contribution in [2.24, 2.45) is 5.92 Å². The van der Waals surface area contributed by atoms with Gasteiger partial charge in [-0.1, -0.05) is 0 Å². The number of ether oxygens (including phenoxy) is 1. The SMILES string of the molecule is CC1NC=C(C(COC(C)(C)C(F)(F)F)NC(=O)C(=N)C(=N)C2CC2)N1. The van der Waals surface area contributed by atoms with Gasteiger partial charge in [-0.2, -0.15) is 13.2 Å². The van der Waals surface area contributed by atoms with E-state index in [1.165, 1.54) is 0 Å². The summed E-state index contributed by atoms with van der Waals surface area (Å²) in [5.74, 6) is -0.875. The molecule has 1 aliphatic carbocycles. The summed E-state index contributed by atoms with van der Waals surface area (Å²) in [4.78, 5) is 12.3. The minimum Gasteiger partial charge on any atom is -0.370 e. The number of rotatable bonds is 8. The molecule has 2 atom stereocenters. The molecule has 0 aromatic heterocycles. The van der Waals surface area contributed by atoms with Gasteiger partial charge in [0.15, 0.2) is 5.60 Å². The lowest BCUT2D eigenvalue weighted by molar-refractivity contribution is -0.264. The molecule has 1 saturated carbocycles. The fourth-order valence-electron chi connectivity index (χ4n) is 2.26. The highest BCUT2D eigenvalue weighted by atomic mass is 19.4. The van der Waals surface area contributed by atoms with Gasteiger partial charge in [0, 0.05) is 12.1 Å². The minimum atomic E-state index is -4.56. The standard InChI is InChI=1S/C16H24F3N5O2/c1-8-22-6-10(23-8)11(7-26-15(2,3)16(17,18)19)24-14(25)13(21)12(20)9-4-5-9/h6,8-9,11,20-23H,4-5,7H2,1-3H3,(H,24,25). The van der Waals surface area contributed by atoms with E-state index >= 15 is 0 Å². The predicted molar refractivity (Wildman–Crippen MR) is 90.0 cm³/mol. The van der Waals surface area contributed by atoms with Crippen molar-refractivity contribution in [2.45, 2.75) is 57.6 Å². The smallest absolute Gasteiger partial charge is 0.370 e. The molecule has 0 saturated heterocycles. The number of nitrogens with one attached hydrogen (secondary N) is 5. The number of hydrogen-bond donors (Lipinski definition) is 5. The molecule has 0 spiro atoms. The van der Waals surface area contributed by atoms with Gasteiger partial charge in [0.1, 0.15) is 5.71 Å². The summed E-state index contributed by atoms with van der Waals surface area (Å²) in [6.45, 7) is 3.19. The van der Waals surface area contributed by atoms with Crippen LogP contribution in [0, 0.1) is 16.7 Å². The van der Waals surface area contributed by atoms with Crippen molar-refractivity contribution in [3.8, 4) is 0 Å². The number of halogens is 3. The summed E-state index contributed by atoms with van der Waals surface area (Å²) in [6.07, 6.45) is -1.62. The predicted octanol–water partition coefficient (Wildman–Crippen LogP) is 1.66. The molecule has 5 N–H and O–H groups in total. The summed E-state index contributed by atoms with van der Waals surface area (Å²) in [7, 11) is 0. The van der Waals surface area contributed by atoms with E-state index < -0.39 is 36.0 Å². The molecule has 1 fully saturated rings. The van der Waals surface area contributed by atoms with Gasteiger partial charge in [0.05, 0.1) is 30.2 Å². The summed E-state index contributed by atoms with van der Waals surface area (Å²) in [5.41, 5.74) is -2.44. The Morgan fingerprint density at radius 2 is 2.00 bits per heavy atom. The van der Waals surface area contributed by atoms with Crippen molar-refractivity contribution in [3.63, 3.8) is 0 Å². The molecular formula is C16H24F3N5O2. The second-order valence-electron chi connectivity index (χ2n) is 7.04. The third-order valence-electron chi connectivity index (χ3n) is 4.33. The lowest BCUT2D eigenvalue weighted by Crippen LogP contribution is -2.50. The number of carbonyl (C=O) groups is 1. The Morgan fingerprint density at radius 3 is 2.46 bits per heavy atom. The molecule has 2 rings (SSSR count). The Bertz CT molecular complexity index is 626. The zero-order valence-electron chi connectivity index (χ0n) is 14.9. The first-order valence-electron chi connectivity index (χ1n) is 8.34. The molecule has 1 aliphatic heterocycles. The van der Waals surface area contributed by atoms with Crippen molar-refractivity contribution in [1.29, 1.82) is 10.8 Å². The minimum absolute atomic E-state index is 0.0438. The van der Waals surface area contributed by atoms with E-state index in [-0.39, 0.29) is 17.8 Å². The van der Waals surface area contributed by atoms with E-state index in [2.05, 4.69) is 16.0 Å². The van der Waals surface area contributed by atoms with Crippen LogP contribution in [0.5, 0.6) is 0 Å². The van der Waals surface area contributed by atoms with Gasteiger partial charge in [-0.25, -0.2) is 0 Å². The third kappa shape index (κ3) is 4.75. The monoisotopic (exact) mass is 375 g/mol. The molecule has 0 bridgehead atoms. The zero-order valence-corrected chi connectivity index (χ0v) is 14.9. The molecule has 7 nitrogen and oxygen atoms in total. The van der Waals surface area contributed by atoms with Crippen LogP contribution in [0.3, 0.4) is 0 Å². The lowest BCUT2D eigenvalue weighted by Gasteiger charge is -2.30. The lowest BCUT2D eigenvalue weighted by atomic mass is 10.1. The van der Waals surface area contributed by atoms with Crippen LogP contribution in [0.1, 0.15) is 33.6 Å². The Balaban J connectivity index is 2.05. The molecule has 26 heavy (non-hydrogen) atoms. The van der Waals surface area contributed by atoms with Gasteiger partial charge in [-0.15, -0.1) is 0 Å². The highest BCUT2D eigenvalue weighted by Gasteiger charge is 2.49. The summed E-state index contributed by atoms with van der Waals surface area (Å²) >= 11 is 0. The van der Waals surface area contributed by atoms with Crippen molar-refractivity contribution < 1.29 is 22.7 Å². The molecule has 10 heteroatoms. The molecule has 0 aromatic carbocycles. The zero-order chi connectivity index (χ0) is 19.7. The van der Waals surface area contributed by atoms with Gasteiger partial charge in [-0.05, 0) is 33.6 Å². The van der Waals surface area contributed by atoms with Gasteiger partial charge in [0.25, 0.3) is 5.91 Å². The molecule has 0 radical (unpaired) electrons. The van der Waals surface area contributed by atoms with E-state index in [4.69, 9.17) is 15.6 Å². The van der Waals surface area contributed by atoms with Crippen molar-refractivity contribution in [3.05, 3.63) is 11.9 Å². The second-order valence-corrected chi connectivity index (χ2v) is 7.04. The van der Waals surface area contributed by atoms with E-state index in [0.29, 0.717) is 5.70 Å². The van der Waals surface area contributed by atoms with Crippen LogP contribution in [0.25, 0.3) is 0 Å². The van der Waals surface area contributed by atoms with Gasteiger partial charge in [-0.3, -0.25) is 10.2 Å². The highest BCUT2D eigenvalue weighted by molar-refractivity contribution is 6.65. The third-order valence-corrected chi connectivity index (χ3v) is 4.33. The Kier molecular flexibility index (Phi) is 5.64. The molecule has 0 aromatic rings. The molecule has 2 unspecified atom stereocenters. The molecule has 146 valence electrons. The fourth-order valence-corrected chi connectivity index (χ4v) is 2.26. The van der Waals surface area contributed by atoms with Crippen molar-refractivity contribution >= 4 is 17.3 Å². The van der Waals surface area contributed by atoms with Crippen LogP contribution in [-0.2, 0) is 9.53 Å². The summed E-state index contributed by atoms with van der Waals surface area (Å²) in [6, 6.07) is -0.908. The number of hydrogen-bond acceptors (Lipinski definition) is 6. The van der Waals surface area contributed by atoms with Crippen LogP contribution in [0.15, 0.2) is 11.9 Å². The summed E-state index contributed by atoms with van der Waals surface area (Å²) < 4.78 is 44.0. The number of amides is 1. The average Bonchev–Trinajstić information content (AvgIpc) is 3.30. The first kappa shape index (κ1) is 20.2. The van der Waals surface area contributed by atoms with Gasteiger partial charge in [0.2, 0.25) is 0 Å². The molecule has 1 heterocycles. The number of carbonyl (C=O) groups excluding carboxylic acids is 1. The molecular weight excluding hydrogens is 351 g/mol. The Labute approximate surface area is 149 Å². The second kappa shape index (κ2) is 7.26. The van der Waals surface area contributed by atoms with E-state index in [9.17, 15) is 18.0 Å². The van der Waals surface area contributed by atoms with E-state index in [1.807, 2.05) is 0 Å². The van der Waals surface area contributed by atoms with Crippen LogP contribution in [0.4, 0.5) is 13.2 Å². The summed E-state index contributed by atoms with van der Waals surface area (Å²) in [5, 5.41) is 24.0. The van der Waals surface area contributed by atoms with Crippen LogP contribution in [-0.4, -0.2) is 47.9 Å². The fraction of sp³-hybridized carbons (Fsp3) is 0.688. The van der Waals surface area contributed by atoms with Crippen LogP contribution < -0.4 is 16.0 Å². The molecule has 2 aliphatic rings. The van der Waals surface area contributed by atoms with E-state index in [1.54, 1.807) is 13.1 Å². The van der Waals surface area contributed by atoms with Gasteiger partial charge >= 0.3 is 6.18 Å².